The molecule has 114 valence electrons. The average Bonchev–Trinajstić information content (AvgIpc) is 2.35. The summed E-state index contributed by atoms with van der Waals surface area (Å²) in [4.78, 5) is 0.157. The van der Waals surface area contributed by atoms with Gasteiger partial charge in [0.2, 0.25) is 10.0 Å². The highest BCUT2D eigenvalue weighted by atomic mass is 79.9. The number of rotatable bonds is 2. The fourth-order valence-electron chi connectivity index (χ4n) is 2.13. The monoisotopic (exact) mass is 402 g/mol. The number of piperazine rings is 1. The maximum Gasteiger partial charge on any atom is 0.244 e. The maximum atomic E-state index is 12.7. The van der Waals surface area contributed by atoms with E-state index >= 15 is 0 Å². The standard InChI is InChI=1S/C12H16BrClN2O2S.ClH/c1-8-7-16(9(2)6-15-8)19(17,18)11-5-3-4-10(13)12(11)14;/h3-5,8-9,15H,6-7H2,1-2H3;1H. The van der Waals surface area contributed by atoms with Gasteiger partial charge < -0.3 is 5.32 Å². The zero-order chi connectivity index (χ0) is 14.2. The molecule has 8 heteroatoms. The van der Waals surface area contributed by atoms with Gasteiger partial charge in [0.05, 0.1) is 5.02 Å². The maximum absolute atomic E-state index is 12.7. The number of nitrogens with zero attached hydrogens (tertiary/aromatic N) is 1. The van der Waals surface area contributed by atoms with Gasteiger partial charge in [-0.1, -0.05) is 17.7 Å². The molecule has 0 aromatic heterocycles. The van der Waals surface area contributed by atoms with Gasteiger partial charge in [-0.25, -0.2) is 8.42 Å². The third kappa shape index (κ3) is 3.48. The van der Waals surface area contributed by atoms with E-state index < -0.39 is 10.0 Å². The van der Waals surface area contributed by atoms with E-state index in [0.717, 1.165) is 0 Å². The predicted octanol–water partition coefficient (Wildman–Crippen LogP) is 2.90. The molecule has 0 aliphatic carbocycles. The molecule has 1 aromatic rings. The van der Waals surface area contributed by atoms with Crippen LogP contribution in [0.4, 0.5) is 0 Å². The molecule has 20 heavy (non-hydrogen) atoms. The topological polar surface area (TPSA) is 49.4 Å². The minimum atomic E-state index is -3.57. The van der Waals surface area contributed by atoms with E-state index in [9.17, 15) is 8.42 Å². The molecule has 1 aliphatic rings. The summed E-state index contributed by atoms with van der Waals surface area (Å²) in [5.41, 5.74) is 0. The lowest BCUT2D eigenvalue weighted by Gasteiger charge is -2.36. The van der Waals surface area contributed by atoms with Gasteiger partial charge >= 0.3 is 0 Å². The second-order valence-electron chi connectivity index (χ2n) is 4.78. The second-order valence-corrected chi connectivity index (χ2v) is 7.88. The first-order valence-electron chi connectivity index (χ1n) is 6.03. The van der Waals surface area contributed by atoms with Gasteiger partial charge in [-0.3, -0.25) is 0 Å². The van der Waals surface area contributed by atoms with Crippen molar-refractivity contribution in [1.82, 2.24) is 9.62 Å². The first-order valence-corrected chi connectivity index (χ1v) is 8.64. The molecule has 0 amide bonds. The summed E-state index contributed by atoms with van der Waals surface area (Å²) < 4.78 is 27.5. The molecular weight excluding hydrogens is 387 g/mol. The van der Waals surface area contributed by atoms with Crippen LogP contribution in [-0.4, -0.2) is 37.9 Å². The van der Waals surface area contributed by atoms with Crippen LogP contribution in [0.15, 0.2) is 27.6 Å². The van der Waals surface area contributed by atoms with Gasteiger partial charge in [-0.15, -0.1) is 12.4 Å². The molecule has 2 rings (SSSR count). The Bertz CT molecular complexity index is 583. The largest absolute Gasteiger partial charge is 0.311 e. The van der Waals surface area contributed by atoms with Crippen LogP contribution in [0.5, 0.6) is 0 Å². The van der Waals surface area contributed by atoms with Crippen molar-refractivity contribution in [2.24, 2.45) is 0 Å². The van der Waals surface area contributed by atoms with Gasteiger partial charge in [-0.2, -0.15) is 4.31 Å². The smallest absolute Gasteiger partial charge is 0.244 e. The summed E-state index contributed by atoms with van der Waals surface area (Å²) in [5.74, 6) is 0. The van der Waals surface area contributed by atoms with Crippen molar-refractivity contribution >= 4 is 50.0 Å². The summed E-state index contributed by atoms with van der Waals surface area (Å²) in [5, 5.41) is 3.50. The van der Waals surface area contributed by atoms with Crippen molar-refractivity contribution in [3.63, 3.8) is 0 Å². The highest BCUT2D eigenvalue weighted by Crippen LogP contribution is 2.32. The molecule has 1 aromatic carbocycles. The van der Waals surface area contributed by atoms with Crippen LogP contribution < -0.4 is 5.32 Å². The number of nitrogens with one attached hydrogen (secondary N) is 1. The predicted molar refractivity (Wildman–Crippen MR) is 87.2 cm³/mol. The van der Waals surface area contributed by atoms with E-state index in [-0.39, 0.29) is 34.4 Å². The van der Waals surface area contributed by atoms with E-state index in [2.05, 4.69) is 21.2 Å². The lowest BCUT2D eigenvalue weighted by Crippen LogP contribution is -2.56. The van der Waals surface area contributed by atoms with E-state index in [1.54, 1.807) is 18.2 Å². The Balaban J connectivity index is 0.00000200. The lowest BCUT2D eigenvalue weighted by molar-refractivity contribution is 0.244. The van der Waals surface area contributed by atoms with Gasteiger partial charge in [0.15, 0.2) is 0 Å². The van der Waals surface area contributed by atoms with Gasteiger partial charge in [0.1, 0.15) is 4.90 Å². The van der Waals surface area contributed by atoms with Crippen LogP contribution in [-0.2, 0) is 10.0 Å². The number of hydrogen-bond acceptors (Lipinski definition) is 3. The van der Waals surface area contributed by atoms with Crippen LogP contribution in [0.3, 0.4) is 0 Å². The first kappa shape index (κ1) is 18.2. The summed E-state index contributed by atoms with van der Waals surface area (Å²) >= 11 is 9.37. The molecular formula is C12H17BrCl2N2O2S. The Morgan fingerprint density at radius 2 is 2.05 bits per heavy atom. The quantitative estimate of drug-likeness (QED) is 0.825. The zero-order valence-corrected chi connectivity index (χ0v) is 15.1. The Hall–Kier alpha value is 0.150. The Labute approximate surface area is 139 Å². The molecule has 0 bridgehead atoms. The summed E-state index contributed by atoms with van der Waals surface area (Å²) in [7, 11) is -3.57. The average molecular weight is 404 g/mol. The van der Waals surface area contributed by atoms with Crippen molar-refractivity contribution in [3.8, 4) is 0 Å². The molecule has 0 spiro atoms. The first-order chi connectivity index (χ1) is 8.84. The molecule has 1 N–H and O–H groups in total. The number of sulfonamides is 1. The van der Waals surface area contributed by atoms with Gasteiger partial charge in [0, 0.05) is 29.6 Å². The van der Waals surface area contributed by atoms with E-state index in [4.69, 9.17) is 11.6 Å². The molecule has 2 unspecified atom stereocenters. The van der Waals surface area contributed by atoms with Crippen molar-refractivity contribution in [1.29, 1.82) is 0 Å². The SMILES string of the molecule is CC1CN(S(=O)(=O)c2cccc(Br)c2Cl)C(C)CN1.Cl. The number of hydrogen-bond donors (Lipinski definition) is 1. The van der Waals surface area contributed by atoms with Crippen LogP contribution in [0.2, 0.25) is 5.02 Å². The van der Waals surface area contributed by atoms with Crippen LogP contribution in [0.1, 0.15) is 13.8 Å². The van der Waals surface area contributed by atoms with Crippen molar-refractivity contribution in [3.05, 3.63) is 27.7 Å². The third-order valence-electron chi connectivity index (χ3n) is 3.21. The normalized spacial score (nSPS) is 24.2. The van der Waals surface area contributed by atoms with Gasteiger partial charge in [0.25, 0.3) is 0 Å². The third-order valence-corrected chi connectivity index (χ3v) is 6.64. The molecule has 1 saturated heterocycles. The fourth-order valence-corrected chi connectivity index (χ4v) is 4.86. The molecule has 1 heterocycles. The molecule has 1 aliphatic heterocycles. The Morgan fingerprint density at radius 1 is 1.40 bits per heavy atom. The Morgan fingerprint density at radius 3 is 2.70 bits per heavy atom. The Kier molecular flexibility index (Phi) is 6.32. The van der Waals surface area contributed by atoms with Crippen LogP contribution >= 0.6 is 39.9 Å². The van der Waals surface area contributed by atoms with Crippen LogP contribution in [0.25, 0.3) is 0 Å². The fraction of sp³-hybridized carbons (Fsp3) is 0.500. The van der Waals surface area contributed by atoms with Crippen molar-refractivity contribution in [2.45, 2.75) is 30.8 Å². The highest BCUT2D eigenvalue weighted by molar-refractivity contribution is 9.10. The second kappa shape index (κ2) is 6.94. The summed E-state index contributed by atoms with van der Waals surface area (Å²) in [6.07, 6.45) is 0. The van der Waals surface area contributed by atoms with E-state index in [0.29, 0.717) is 17.6 Å². The number of benzene rings is 1. The molecule has 1 fully saturated rings. The van der Waals surface area contributed by atoms with Crippen molar-refractivity contribution < 1.29 is 8.42 Å². The zero-order valence-electron chi connectivity index (χ0n) is 11.1. The summed E-state index contributed by atoms with van der Waals surface area (Å²) in [6, 6.07) is 5.00. The van der Waals surface area contributed by atoms with E-state index in [1.807, 2.05) is 13.8 Å². The molecule has 4 nitrogen and oxygen atoms in total. The van der Waals surface area contributed by atoms with Crippen LogP contribution in [0, 0.1) is 0 Å². The van der Waals surface area contributed by atoms with Gasteiger partial charge in [-0.05, 0) is 41.9 Å². The molecule has 0 saturated carbocycles. The number of halogens is 3. The molecule has 2 atom stereocenters. The molecule has 0 radical (unpaired) electrons. The highest BCUT2D eigenvalue weighted by Gasteiger charge is 2.34. The minimum absolute atomic E-state index is 0. The lowest BCUT2D eigenvalue weighted by atomic mass is 10.2. The summed E-state index contributed by atoms with van der Waals surface area (Å²) in [6.45, 7) is 4.96. The van der Waals surface area contributed by atoms with Crippen molar-refractivity contribution in [2.75, 3.05) is 13.1 Å². The minimum Gasteiger partial charge on any atom is -0.311 e. The van der Waals surface area contributed by atoms with E-state index in [1.165, 1.54) is 4.31 Å².